The number of anilines is 2. The summed E-state index contributed by atoms with van der Waals surface area (Å²) in [4.78, 5) is 63.8. The lowest BCUT2D eigenvalue weighted by Crippen LogP contribution is -2.34. The Morgan fingerprint density at radius 2 is 1.67 bits per heavy atom. The predicted octanol–water partition coefficient (Wildman–Crippen LogP) is 4.90. The van der Waals surface area contributed by atoms with Gasteiger partial charge in [0.1, 0.15) is 11.5 Å². The Kier molecular flexibility index (Phi) is 9.69. The first-order chi connectivity index (χ1) is 20.5. The number of methoxy groups -OCH3 is 1. The van der Waals surface area contributed by atoms with Crippen LogP contribution in [0.4, 0.5) is 11.4 Å². The van der Waals surface area contributed by atoms with Crippen LogP contribution in [-0.4, -0.2) is 43.4 Å². The predicted molar refractivity (Wildman–Crippen MR) is 158 cm³/mol. The van der Waals surface area contributed by atoms with Gasteiger partial charge in [0.2, 0.25) is 0 Å². The largest absolute Gasteiger partial charge is 0.465 e. The van der Waals surface area contributed by atoms with Gasteiger partial charge < -0.3 is 24.5 Å². The van der Waals surface area contributed by atoms with Crippen LogP contribution in [0.2, 0.25) is 10.0 Å². The van der Waals surface area contributed by atoms with Crippen LogP contribution in [0.1, 0.15) is 35.7 Å². The molecule has 3 aromatic rings. The molecule has 11 nitrogen and oxygen atoms in total. The van der Waals surface area contributed by atoms with Gasteiger partial charge in [0.25, 0.3) is 5.91 Å². The van der Waals surface area contributed by atoms with E-state index in [-0.39, 0.29) is 40.8 Å². The van der Waals surface area contributed by atoms with E-state index in [0.717, 1.165) is 0 Å². The van der Waals surface area contributed by atoms with Crippen LogP contribution < -0.4 is 15.5 Å². The molecule has 0 bridgehead atoms. The number of esters is 2. The molecule has 0 saturated carbocycles. The number of carbonyl (C=O) groups excluding carboxylic acids is 5. The van der Waals surface area contributed by atoms with E-state index in [0.29, 0.717) is 27.7 Å². The number of ether oxygens (including phenoxy) is 2. The maximum atomic E-state index is 13.4. The molecule has 43 heavy (non-hydrogen) atoms. The summed E-state index contributed by atoms with van der Waals surface area (Å²) >= 11 is 12.2. The Morgan fingerprint density at radius 1 is 0.953 bits per heavy atom. The lowest BCUT2D eigenvalue weighted by atomic mass is 10.1. The number of rotatable bonds is 8. The molecular weight excluding hydrogens is 601 g/mol. The fraction of sp³-hybridized carbons (Fsp3) is 0.167. The van der Waals surface area contributed by atoms with E-state index in [1.807, 2.05) is 0 Å². The number of allylic oxidation sites excluding steroid dienone is 1. The molecule has 2 aromatic carbocycles. The first-order valence-electron chi connectivity index (χ1n) is 12.8. The molecule has 222 valence electrons. The minimum atomic E-state index is -0.930. The second-order valence-electron chi connectivity index (χ2n) is 8.99. The summed E-state index contributed by atoms with van der Waals surface area (Å²) in [6.45, 7) is 3.37. The molecule has 0 atom stereocenters. The minimum absolute atomic E-state index is 0.0220. The fourth-order valence-corrected chi connectivity index (χ4v) is 4.46. The molecule has 0 fully saturated rings. The molecule has 3 amide bonds. The van der Waals surface area contributed by atoms with Crippen LogP contribution in [0.3, 0.4) is 0 Å². The van der Waals surface area contributed by atoms with Gasteiger partial charge in [-0.05, 0) is 74.5 Å². The monoisotopic (exact) mass is 625 g/mol. The number of hydrogen-bond donors (Lipinski definition) is 2. The third kappa shape index (κ3) is 6.96. The lowest BCUT2D eigenvalue weighted by molar-refractivity contribution is -0.136. The number of nitrogens with one attached hydrogen (secondary N) is 2. The number of amides is 3. The summed E-state index contributed by atoms with van der Waals surface area (Å²) in [5.41, 5.74) is 1.39. The Morgan fingerprint density at radius 3 is 2.33 bits per heavy atom. The van der Waals surface area contributed by atoms with Crippen LogP contribution in [-0.2, 0) is 35.2 Å². The van der Waals surface area contributed by atoms with Crippen molar-refractivity contribution in [2.45, 2.75) is 20.4 Å². The highest BCUT2D eigenvalue weighted by molar-refractivity contribution is 6.42. The van der Waals surface area contributed by atoms with E-state index in [1.165, 1.54) is 54.5 Å². The van der Waals surface area contributed by atoms with Crippen molar-refractivity contribution in [3.8, 4) is 0 Å². The van der Waals surface area contributed by atoms with Crippen molar-refractivity contribution in [3.63, 3.8) is 0 Å². The molecule has 0 unspecified atom stereocenters. The number of benzene rings is 2. The lowest BCUT2D eigenvalue weighted by Gasteiger charge is -2.18. The summed E-state index contributed by atoms with van der Waals surface area (Å²) in [6.07, 6.45) is 1.38. The molecule has 4 rings (SSSR count). The molecule has 1 aliphatic heterocycles. The summed E-state index contributed by atoms with van der Waals surface area (Å²) in [7, 11) is 1.20. The van der Waals surface area contributed by atoms with Gasteiger partial charge in [-0.1, -0.05) is 23.2 Å². The Labute approximate surface area is 256 Å². The van der Waals surface area contributed by atoms with Crippen molar-refractivity contribution in [2.24, 2.45) is 0 Å². The third-order valence-corrected chi connectivity index (χ3v) is 6.94. The van der Waals surface area contributed by atoms with E-state index in [2.05, 4.69) is 10.6 Å². The highest BCUT2D eigenvalue weighted by atomic mass is 35.5. The van der Waals surface area contributed by atoms with Gasteiger partial charge in [0.15, 0.2) is 0 Å². The molecule has 1 aliphatic rings. The number of hydrogen-bond acceptors (Lipinski definition) is 8. The Hall–Kier alpha value is -4.87. The van der Waals surface area contributed by atoms with Crippen molar-refractivity contribution in [1.29, 1.82) is 0 Å². The summed E-state index contributed by atoms with van der Waals surface area (Å²) in [5, 5.41) is 5.41. The highest BCUT2D eigenvalue weighted by Gasteiger charge is 2.38. The van der Waals surface area contributed by atoms with Crippen molar-refractivity contribution in [1.82, 2.24) is 5.32 Å². The first-order valence-corrected chi connectivity index (χ1v) is 13.6. The second kappa shape index (κ2) is 13.4. The van der Waals surface area contributed by atoms with Gasteiger partial charge in [0.05, 0.1) is 52.7 Å². The molecule has 13 heteroatoms. The number of furan rings is 1. The molecule has 0 radical (unpaired) electrons. The zero-order chi connectivity index (χ0) is 31.3. The van der Waals surface area contributed by atoms with Gasteiger partial charge >= 0.3 is 23.8 Å². The summed E-state index contributed by atoms with van der Waals surface area (Å²) < 4.78 is 15.5. The number of carbonyl (C=O) groups is 5. The van der Waals surface area contributed by atoms with E-state index < -0.39 is 29.7 Å². The maximum Gasteiger partial charge on any atom is 0.340 e. The zero-order valence-electron chi connectivity index (χ0n) is 23.2. The van der Waals surface area contributed by atoms with Crippen LogP contribution in [0, 0.1) is 0 Å². The molecule has 2 N–H and O–H groups in total. The van der Waals surface area contributed by atoms with Crippen LogP contribution in [0.25, 0.3) is 6.08 Å². The van der Waals surface area contributed by atoms with Gasteiger partial charge in [-0.15, -0.1) is 0 Å². The Bertz CT molecular complexity index is 1670. The number of halogens is 2. The molecule has 2 heterocycles. The van der Waals surface area contributed by atoms with E-state index >= 15 is 0 Å². The van der Waals surface area contributed by atoms with E-state index in [1.54, 1.807) is 32.0 Å². The van der Waals surface area contributed by atoms with Crippen LogP contribution in [0.5, 0.6) is 0 Å². The molecule has 0 spiro atoms. The molecule has 1 aromatic heterocycles. The topological polar surface area (TPSA) is 144 Å². The highest BCUT2D eigenvalue weighted by Crippen LogP contribution is 2.37. The molecular formula is C30H25Cl2N3O8. The summed E-state index contributed by atoms with van der Waals surface area (Å²) in [6, 6.07) is 13.6. The first kappa shape index (κ1) is 31.1. The quantitative estimate of drug-likeness (QED) is 0.204. The smallest absolute Gasteiger partial charge is 0.340 e. The zero-order valence-corrected chi connectivity index (χ0v) is 24.7. The van der Waals surface area contributed by atoms with Crippen molar-refractivity contribution in [2.75, 3.05) is 23.9 Å². The van der Waals surface area contributed by atoms with E-state index in [9.17, 15) is 24.0 Å². The van der Waals surface area contributed by atoms with Crippen LogP contribution in [0.15, 0.2) is 75.9 Å². The van der Waals surface area contributed by atoms with Crippen molar-refractivity contribution < 1.29 is 37.9 Å². The summed E-state index contributed by atoms with van der Waals surface area (Å²) in [5.74, 6) is -3.11. The standard InChI is InChI=1S/C30H25Cl2N3O8/c1-4-42-29(39)17-5-7-18(8-6-17)34-27(37)26(36)33-15-21-11-10-20(43-21)14-22-25(30(40)41-3)16(2)35(28(22)38)19-9-12-23(31)24(32)13-19/h5-14H,4,15H2,1-3H3,(H,33,36)(H,34,37)/b22-14-. The molecule has 0 aliphatic carbocycles. The molecule has 0 saturated heterocycles. The maximum absolute atomic E-state index is 13.4. The average Bonchev–Trinajstić information content (AvgIpc) is 3.54. The van der Waals surface area contributed by atoms with Crippen molar-refractivity contribution >= 4 is 70.3 Å². The Balaban J connectivity index is 1.44. The SMILES string of the molecule is CCOC(=O)c1ccc(NC(=O)C(=O)NCc2ccc(/C=C3\C(=O)N(c4ccc(Cl)c(Cl)c4)C(C)=C3C(=O)OC)o2)cc1. The second-order valence-corrected chi connectivity index (χ2v) is 9.80. The number of nitrogens with zero attached hydrogens (tertiary/aromatic N) is 1. The van der Waals surface area contributed by atoms with Crippen LogP contribution >= 0.6 is 23.2 Å². The fourth-order valence-electron chi connectivity index (χ4n) is 4.16. The normalized spacial score (nSPS) is 13.7. The van der Waals surface area contributed by atoms with E-state index in [4.69, 9.17) is 37.1 Å². The van der Waals surface area contributed by atoms with Gasteiger partial charge in [0, 0.05) is 11.4 Å². The van der Waals surface area contributed by atoms with Gasteiger partial charge in [-0.3, -0.25) is 19.3 Å². The van der Waals surface area contributed by atoms with Crippen molar-refractivity contribution in [3.05, 3.63) is 98.6 Å². The van der Waals surface area contributed by atoms with Gasteiger partial charge in [-0.2, -0.15) is 0 Å². The average molecular weight is 626 g/mol. The third-order valence-electron chi connectivity index (χ3n) is 6.20. The minimum Gasteiger partial charge on any atom is -0.465 e. The van der Waals surface area contributed by atoms with Gasteiger partial charge in [-0.25, -0.2) is 9.59 Å².